The van der Waals surface area contributed by atoms with E-state index in [4.69, 9.17) is 0 Å². The molecule has 6 heavy (non-hydrogen) atoms. The fourth-order valence-corrected chi connectivity index (χ4v) is 0. The second-order valence-corrected chi connectivity index (χ2v) is 2.68. The molecule has 0 aliphatic heterocycles. The molecule has 0 aromatic carbocycles. The van der Waals surface area contributed by atoms with E-state index in [1.807, 2.05) is 0 Å². The standard InChI is InChI=1S/C4H12N.Li/c1-5(2,3)4;/h1-4H3;/q2*+1. The normalized spacial score (nSPS) is 10.0. The first-order chi connectivity index (χ1) is 2.00. The predicted octanol–water partition coefficient (Wildman–Crippen LogP) is -2.67. The molecule has 0 atom stereocenters. The van der Waals surface area contributed by atoms with Crippen LogP contribution in [0, 0.1) is 0 Å². The van der Waals surface area contributed by atoms with E-state index in [9.17, 15) is 0 Å². The summed E-state index contributed by atoms with van der Waals surface area (Å²) < 4.78 is 1.00. The van der Waals surface area contributed by atoms with Gasteiger partial charge in [0, 0.05) is 0 Å². The van der Waals surface area contributed by atoms with E-state index < -0.39 is 0 Å². The van der Waals surface area contributed by atoms with Gasteiger partial charge in [-0.05, 0) is 0 Å². The Morgan fingerprint density at radius 3 is 0.833 bits per heavy atom. The summed E-state index contributed by atoms with van der Waals surface area (Å²) in [6, 6.07) is 0. The molecule has 0 heterocycles. The zero-order valence-electron chi connectivity index (χ0n) is 5.45. The van der Waals surface area contributed by atoms with E-state index in [0.29, 0.717) is 0 Å². The van der Waals surface area contributed by atoms with Gasteiger partial charge in [-0.1, -0.05) is 0 Å². The van der Waals surface area contributed by atoms with Crippen LogP contribution in [0.1, 0.15) is 0 Å². The van der Waals surface area contributed by atoms with Crippen molar-refractivity contribution in [3.05, 3.63) is 0 Å². The Morgan fingerprint density at radius 1 is 0.833 bits per heavy atom. The molecule has 0 N–H and O–H groups in total. The van der Waals surface area contributed by atoms with Crippen LogP contribution < -0.4 is 18.9 Å². The predicted molar refractivity (Wildman–Crippen MR) is 24.0 cm³/mol. The number of quaternary nitrogens is 1. The molecule has 0 radical (unpaired) electrons. The molecule has 0 aromatic heterocycles. The Bertz CT molecular complexity index is 23.0. The number of nitrogens with zero attached hydrogens (tertiary/aromatic N) is 1. The topological polar surface area (TPSA) is 0 Å². The first-order valence-electron chi connectivity index (χ1n) is 1.79. The minimum atomic E-state index is 0. The Labute approximate surface area is 52.1 Å². The van der Waals surface area contributed by atoms with Crippen molar-refractivity contribution in [1.29, 1.82) is 0 Å². The van der Waals surface area contributed by atoms with Gasteiger partial charge in [-0.3, -0.25) is 0 Å². The van der Waals surface area contributed by atoms with Crippen molar-refractivity contribution in [3.63, 3.8) is 0 Å². The molecule has 32 valence electrons. The molecule has 0 amide bonds. The quantitative estimate of drug-likeness (QED) is 0.220. The second kappa shape index (κ2) is 2.68. The van der Waals surface area contributed by atoms with Crippen molar-refractivity contribution in [1.82, 2.24) is 0 Å². The molecule has 0 aromatic rings. The van der Waals surface area contributed by atoms with Crippen LogP contribution in [0.4, 0.5) is 0 Å². The van der Waals surface area contributed by atoms with Crippen molar-refractivity contribution < 1.29 is 23.3 Å². The average molecular weight is 81.1 g/mol. The molecule has 1 nitrogen and oxygen atoms in total. The van der Waals surface area contributed by atoms with Crippen molar-refractivity contribution >= 4 is 0 Å². The van der Waals surface area contributed by atoms with Crippen molar-refractivity contribution in [2.45, 2.75) is 0 Å². The summed E-state index contributed by atoms with van der Waals surface area (Å²) in [5.41, 5.74) is 0. The largest absolute Gasteiger partial charge is 1.00 e. The van der Waals surface area contributed by atoms with E-state index in [-0.39, 0.29) is 18.9 Å². The minimum Gasteiger partial charge on any atom is -0.333 e. The van der Waals surface area contributed by atoms with Crippen LogP contribution in [-0.4, -0.2) is 32.7 Å². The maximum absolute atomic E-state index is 2.12. The van der Waals surface area contributed by atoms with Gasteiger partial charge in [-0.25, -0.2) is 0 Å². The summed E-state index contributed by atoms with van der Waals surface area (Å²) >= 11 is 0. The Morgan fingerprint density at radius 2 is 0.833 bits per heavy atom. The summed E-state index contributed by atoms with van der Waals surface area (Å²) in [5, 5.41) is 0. The van der Waals surface area contributed by atoms with Crippen LogP contribution in [0.25, 0.3) is 0 Å². The summed E-state index contributed by atoms with van der Waals surface area (Å²) in [5.74, 6) is 0. The molecule has 0 fully saturated rings. The summed E-state index contributed by atoms with van der Waals surface area (Å²) in [6.07, 6.45) is 0. The minimum absolute atomic E-state index is 0. The molecule has 0 aliphatic rings. The SMILES string of the molecule is C[N+](C)(C)C.[Li+]. The second-order valence-electron chi connectivity index (χ2n) is 2.68. The first-order valence-corrected chi connectivity index (χ1v) is 1.79. The van der Waals surface area contributed by atoms with Gasteiger partial charge in [0.2, 0.25) is 0 Å². The van der Waals surface area contributed by atoms with E-state index in [2.05, 4.69) is 28.2 Å². The first kappa shape index (κ1) is 9.75. The molecule has 0 spiro atoms. The monoisotopic (exact) mass is 81.1 g/mol. The van der Waals surface area contributed by atoms with E-state index in [0.717, 1.165) is 4.48 Å². The van der Waals surface area contributed by atoms with Crippen LogP contribution in [0.5, 0.6) is 0 Å². The van der Waals surface area contributed by atoms with Gasteiger partial charge in [0.15, 0.2) is 0 Å². The van der Waals surface area contributed by atoms with Crippen molar-refractivity contribution in [3.8, 4) is 0 Å². The van der Waals surface area contributed by atoms with Crippen LogP contribution in [-0.2, 0) is 0 Å². The zero-order valence-corrected chi connectivity index (χ0v) is 5.45. The van der Waals surface area contributed by atoms with Crippen LogP contribution in [0.3, 0.4) is 0 Å². The van der Waals surface area contributed by atoms with Gasteiger partial charge < -0.3 is 4.48 Å². The molecule has 0 unspecified atom stereocenters. The summed E-state index contributed by atoms with van der Waals surface area (Å²) in [6.45, 7) is 0. The smallest absolute Gasteiger partial charge is 0.333 e. The third-order valence-corrected chi connectivity index (χ3v) is 0. The molecular formula is C4H12LiN+2. The fraction of sp³-hybridized carbons (Fsp3) is 1.00. The molecular weight excluding hydrogens is 69.0 g/mol. The number of rotatable bonds is 0. The average Bonchev–Trinajstić information content (AvgIpc) is 0.722. The van der Waals surface area contributed by atoms with Crippen LogP contribution in [0.2, 0.25) is 0 Å². The van der Waals surface area contributed by atoms with Crippen molar-refractivity contribution in [2.24, 2.45) is 0 Å². The maximum Gasteiger partial charge on any atom is 1.00 e. The Balaban J connectivity index is 0. The fourth-order valence-electron chi connectivity index (χ4n) is 0. The van der Waals surface area contributed by atoms with Gasteiger partial charge in [0.1, 0.15) is 0 Å². The van der Waals surface area contributed by atoms with Gasteiger partial charge in [-0.15, -0.1) is 0 Å². The van der Waals surface area contributed by atoms with Crippen molar-refractivity contribution in [2.75, 3.05) is 28.2 Å². The number of hydrogen-bond donors (Lipinski definition) is 0. The van der Waals surface area contributed by atoms with E-state index >= 15 is 0 Å². The summed E-state index contributed by atoms with van der Waals surface area (Å²) in [4.78, 5) is 0. The van der Waals surface area contributed by atoms with E-state index in [1.54, 1.807) is 0 Å². The van der Waals surface area contributed by atoms with Crippen LogP contribution in [0.15, 0.2) is 0 Å². The molecule has 2 heteroatoms. The van der Waals surface area contributed by atoms with E-state index in [1.165, 1.54) is 0 Å². The Kier molecular flexibility index (Phi) is 4.36. The molecule has 0 rings (SSSR count). The van der Waals surface area contributed by atoms with Gasteiger partial charge >= 0.3 is 18.9 Å². The number of hydrogen-bond acceptors (Lipinski definition) is 0. The third kappa shape index (κ3) is 186. The maximum atomic E-state index is 2.12. The Hall–Kier alpha value is 0.557. The van der Waals surface area contributed by atoms with Crippen LogP contribution >= 0.6 is 0 Å². The molecule has 0 saturated heterocycles. The van der Waals surface area contributed by atoms with Gasteiger partial charge in [-0.2, -0.15) is 0 Å². The van der Waals surface area contributed by atoms with Gasteiger partial charge in [0.25, 0.3) is 0 Å². The molecule has 0 bridgehead atoms. The molecule has 0 saturated carbocycles. The summed E-state index contributed by atoms with van der Waals surface area (Å²) in [7, 11) is 8.50. The third-order valence-electron chi connectivity index (χ3n) is 0. The van der Waals surface area contributed by atoms with Gasteiger partial charge in [0.05, 0.1) is 28.2 Å². The zero-order chi connectivity index (χ0) is 4.50. The molecule has 0 aliphatic carbocycles.